The van der Waals surface area contributed by atoms with Gasteiger partial charge in [0.2, 0.25) is 0 Å². The van der Waals surface area contributed by atoms with Crippen LogP contribution in [0.3, 0.4) is 0 Å². The maximum Gasteiger partial charge on any atom is 0.320 e. The zero-order valence-corrected chi connectivity index (χ0v) is 6.88. The Morgan fingerprint density at radius 2 is 2.27 bits per heavy atom. The maximum absolute atomic E-state index is 11.8. The van der Waals surface area contributed by atoms with Crippen molar-refractivity contribution >= 4 is 5.97 Å². The van der Waals surface area contributed by atoms with Gasteiger partial charge in [-0.3, -0.25) is 9.69 Å². The Balaban J connectivity index is 3.91. The van der Waals surface area contributed by atoms with E-state index in [0.29, 0.717) is 6.42 Å². The number of carboxylic acids is 1. The third-order valence-corrected chi connectivity index (χ3v) is 1.64. The molecule has 1 N–H and O–H groups in total. The number of rotatable bonds is 5. The lowest BCUT2D eigenvalue weighted by Gasteiger charge is -2.21. The second kappa shape index (κ2) is 5.07. The third-order valence-electron chi connectivity index (χ3n) is 1.64. The highest BCUT2D eigenvalue weighted by Gasteiger charge is 2.19. The molecule has 0 amide bonds. The maximum atomic E-state index is 11.8. The van der Waals surface area contributed by atoms with E-state index in [0.717, 1.165) is 0 Å². The summed E-state index contributed by atoms with van der Waals surface area (Å²) in [6.45, 7) is 1.46. The van der Waals surface area contributed by atoms with Crippen LogP contribution in [-0.4, -0.2) is 42.3 Å². The van der Waals surface area contributed by atoms with Gasteiger partial charge in [0.1, 0.15) is 12.7 Å². The van der Waals surface area contributed by atoms with Crippen molar-refractivity contribution in [2.75, 3.05) is 20.3 Å². The first-order valence-corrected chi connectivity index (χ1v) is 3.62. The van der Waals surface area contributed by atoms with Crippen LogP contribution in [0.25, 0.3) is 0 Å². The monoisotopic (exact) mass is 163 g/mol. The minimum Gasteiger partial charge on any atom is -0.480 e. The number of carboxylic acid groups (broad SMARTS) is 1. The Kier molecular flexibility index (Phi) is 4.77. The predicted molar refractivity (Wildman–Crippen MR) is 40.3 cm³/mol. The lowest BCUT2D eigenvalue weighted by Crippen LogP contribution is -2.38. The number of alkyl halides is 1. The summed E-state index contributed by atoms with van der Waals surface area (Å²) in [6, 6.07) is -0.550. The van der Waals surface area contributed by atoms with Gasteiger partial charge in [-0.2, -0.15) is 0 Å². The molecule has 0 rings (SSSR count). The van der Waals surface area contributed by atoms with Crippen molar-refractivity contribution in [3.05, 3.63) is 0 Å². The minimum absolute atomic E-state index is 0.185. The Morgan fingerprint density at radius 3 is 2.55 bits per heavy atom. The molecule has 11 heavy (non-hydrogen) atoms. The molecule has 4 heteroatoms. The van der Waals surface area contributed by atoms with E-state index < -0.39 is 18.7 Å². The molecule has 1 unspecified atom stereocenters. The highest BCUT2D eigenvalue weighted by Crippen LogP contribution is 2.00. The molecule has 3 nitrogen and oxygen atoms in total. The van der Waals surface area contributed by atoms with Crippen molar-refractivity contribution in [3.8, 4) is 0 Å². The SMILES string of the molecule is CCC(C(=O)O)N(C)CCF. The molecular formula is C7H14FNO2. The van der Waals surface area contributed by atoms with Crippen LogP contribution in [-0.2, 0) is 4.79 Å². The zero-order chi connectivity index (χ0) is 8.85. The average Bonchev–Trinajstić information content (AvgIpc) is 1.88. The van der Waals surface area contributed by atoms with E-state index in [1.165, 1.54) is 4.90 Å². The highest BCUT2D eigenvalue weighted by molar-refractivity contribution is 5.73. The van der Waals surface area contributed by atoms with E-state index in [9.17, 15) is 9.18 Å². The summed E-state index contributed by atoms with van der Waals surface area (Å²) in [7, 11) is 1.61. The summed E-state index contributed by atoms with van der Waals surface area (Å²) in [6.07, 6.45) is 0.506. The normalized spacial score (nSPS) is 13.5. The van der Waals surface area contributed by atoms with Gasteiger partial charge in [-0.15, -0.1) is 0 Å². The summed E-state index contributed by atoms with van der Waals surface area (Å²) in [5, 5.41) is 8.61. The first kappa shape index (κ1) is 10.4. The predicted octanol–water partition coefficient (Wildman–Crippen LogP) is 0.751. The summed E-state index contributed by atoms with van der Waals surface area (Å²) >= 11 is 0. The Morgan fingerprint density at radius 1 is 1.73 bits per heavy atom. The molecule has 0 saturated heterocycles. The molecule has 66 valence electrons. The van der Waals surface area contributed by atoms with Crippen LogP contribution in [0.5, 0.6) is 0 Å². The number of carbonyl (C=O) groups is 1. The second-order valence-corrected chi connectivity index (χ2v) is 2.43. The molecule has 0 aromatic carbocycles. The van der Waals surface area contributed by atoms with Crippen LogP contribution >= 0.6 is 0 Å². The fourth-order valence-corrected chi connectivity index (χ4v) is 0.964. The Bertz CT molecular complexity index is 130. The summed E-state index contributed by atoms with van der Waals surface area (Å²) < 4.78 is 11.8. The van der Waals surface area contributed by atoms with Crippen molar-refractivity contribution in [1.29, 1.82) is 0 Å². The number of nitrogens with zero attached hydrogens (tertiary/aromatic N) is 1. The molecule has 0 spiro atoms. The van der Waals surface area contributed by atoms with E-state index in [2.05, 4.69) is 0 Å². The Hall–Kier alpha value is -0.640. The van der Waals surface area contributed by atoms with Gasteiger partial charge < -0.3 is 5.11 Å². The molecule has 0 radical (unpaired) electrons. The zero-order valence-electron chi connectivity index (χ0n) is 6.88. The topological polar surface area (TPSA) is 40.5 Å². The second-order valence-electron chi connectivity index (χ2n) is 2.43. The summed E-state index contributed by atoms with van der Waals surface area (Å²) in [4.78, 5) is 12.0. The average molecular weight is 163 g/mol. The molecule has 0 aliphatic carbocycles. The van der Waals surface area contributed by atoms with E-state index in [1.54, 1.807) is 14.0 Å². The largest absolute Gasteiger partial charge is 0.480 e. The molecule has 0 saturated carbocycles. The Labute approximate surface area is 65.8 Å². The number of halogens is 1. The number of hydrogen-bond acceptors (Lipinski definition) is 2. The lowest BCUT2D eigenvalue weighted by molar-refractivity contribution is -0.142. The van der Waals surface area contributed by atoms with Gasteiger partial charge in [-0.05, 0) is 13.5 Å². The number of hydrogen-bond donors (Lipinski definition) is 1. The van der Waals surface area contributed by atoms with Crippen molar-refractivity contribution in [2.45, 2.75) is 19.4 Å². The minimum atomic E-state index is -0.886. The first-order valence-electron chi connectivity index (χ1n) is 3.62. The summed E-state index contributed by atoms with van der Waals surface area (Å²) in [5.74, 6) is -0.886. The molecular weight excluding hydrogens is 149 g/mol. The fraction of sp³-hybridized carbons (Fsp3) is 0.857. The molecule has 0 aliphatic rings. The molecule has 0 bridgehead atoms. The van der Waals surface area contributed by atoms with Gasteiger partial charge in [0.05, 0.1) is 0 Å². The lowest BCUT2D eigenvalue weighted by atomic mass is 10.2. The third kappa shape index (κ3) is 3.32. The van der Waals surface area contributed by atoms with Gasteiger partial charge in [0.25, 0.3) is 0 Å². The van der Waals surface area contributed by atoms with Gasteiger partial charge in [0.15, 0.2) is 0 Å². The van der Waals surface area contributed by atoms with Crippen LogP contribution in [0, 0.1) is 0 Å². The highest BCUT2D eigenvalue weighted by atomic mass is 19.1. The molecule has 0 fully saturated rings. The van der Waals surface area contributed by atoms with Crippen molar-refractivity contribution in [1.82, 2.24) is 4.90 Å². The smallest absolute Gasteiger partial charge is 0.320 e. The van der Waals surface area contributed by atoms with Gasteiger partial charge in [0, 0.05) is 6.54 Å². The fourth-order valence-electron chi connectivity index (χ4n) is 0.964. The molecule has 1 atom stereocenters. The molecule has 0 heterocycles. The van der Waals surface area contributed by atoms with E-state index >= 15 is 0 Å². The van der Waals surface area contributed by atoms with Crippen LogP contribution in [0.4, 0.5) is 4.39 Å². The van der Waals surface area contributed by atoms with Gasteiger partial charge in [-0.1, -0.05) is 6.92 Å². The van der Waals surface area contributed by atoms with E-state index in [1.807, 2.05) is 0 Å². The molecule has 0 aromatic heterocycles. The van der Waals surface area contributed by atoms with Crippen LogP contribution in [0.2, 0.25) is 0 Å². The van der Waals surface area contributed by atoms with Crippen molar-refractivity contribution in [2.24, 2.45) is 0 Å². The number of aliphatic carboxylic acids is 1. The van der Waals surface area contributed by atoms with Crippen molar-refractivity contribution in [3.63, 3.8) is 0 Å². The van der Waals surface area contributed by atoms with Crippen LogP contribution in [0.1, 0.15) is 13.3 Å². The number of likely N-dealkylation sites (N-methyl/N-ethyl adjacent to an activating group) is 1. The van der Waals surface area contributed by atoms with Crippen molar-refractivity contribution < 1.29 is 14.3 Å². The van der Waals surface area contributed by atoms with Gasteiger partial charge >= 0.3 is 5.97 Å². The standard InChI is InChI=1S/C7H14FNO2/c1-3-6(7(10)11)9(2)5-4-8/h6H,3-5H2,1-2H3,(H,10,11). The van der Waals surface area contributed by atoms with Crippen LogP contribution < -0.4 is 0 Å². The van der Waals surface area contributed by atoms with Gasteiger partial charge in [-0.25, -0.2) is 4.39 Å². The van der Waals surface area contributed by atoms with E-state index in [-0.39, 0.29) is 6.54 Å². The van der Waals surface area contributed by atoms with Crippen LogP contribution in [0.15, 0.2) is 0 Å². The summed E-state index contributed by atoms with van der Waals surface area (Å²) in [5.41, 5.74) is 0. The quantitative estimate of drug-likeness (QED) is 0.650. The first-order chi connectivity index (χ1) is 5.13. The van der Waals surface area contributed by atoms with E-state index in [4.69, 9.17) is 5.11 Å². The molecule has 0 aromatic rings. The molecule has 0 aliphatic heterocycles.